The second kappa shape index (κ2) is 8.83. The Morgan fingerprint density at radius 3 is 2.77 bits per heavy atom. The Labute approximate surface area is 186 Å². The van der Waals surface area contributed by atoms with Gasteiger partial charge in [0.15, 0.2) is 0 Å². The largest absolute Gasteiger partial charge is 0.496 e. The van der Waals surface area contributed by atoms with Gasteiger partial charge in [0, 0.05) is 36.0 Å². The zero-order chi connectivity index (χ0) is 22.0. The Bertz CT molecular complexity index is 1200. The number of nitrogens with one attached hydrogen (secondary N) is 1. The fourth-order valence-corrected chi connectivity index (χ4v) is 4.17. The minimum atomic E-state index is -0.434. The number of benzene rings is 2. The highest BCUT2D eigenvalue weighted by atomic mass is 35.5. The van der Waals surface area contributed by atoms with E-state index in [1.54, 1.807) is 42.6 Å². The van der Waals surface area contributed by atoms with Crippen molar-refractivity contribution in [2.75, 3.05) is 24.7 Å². The van der Waals surface area contributed by atoms with Gasteiger partial charge in [0.1, 0.15) is 17.2 Å². The standard InChI is InChI=1S/C21H16ClN3O5S/c1-29-19-10-17-13(9-14(19)20(27)25-6-7-31-21(25)28)18(4-5-23-17)30-12-2-3-16(24-11-26)15(22)8-12/h2-5,8-11H,6-7H2,1H3,(H,24,26). The maximum Gasteiger partial charge on any atom is 0.288 e. The fourth-order valence-electron chi connectivity index (χ4n) is 3.16. The van der Waals surface area contributed by atoms with Gasteiger partial charge in [-0.05, 0) is 24.3 Å². The van der Waals surface area contributed by atoms with Crippen LogP contribution in [0.25, 0.3) is 10.9 Å². The molecular weight excluding hydrogens is 442 g/mol. The predicted octanol–water partition coefficient (Wildman–Crippen LogP) is 4.57. The van der Waals surface area contributed by atoms with Crippen LogP contribution >= 0.6 is 23.4 Å². The number of hydrogen-bond acceptors (Lipinski definition) is 7. The minimum Gasteiger partial charge on any atom is -0.496 e. The number of carbonyl (C=O) groups excluding carboxylic acids is 3. The molecule has 0 unspecified atom stereocenters. The Morgan fingerprint density at radius 2 is 2.10 bits per heavy atom. The molecule has 4 rings (SSSR count). The molecule has 0 spiro atoms. The van der Waals surface area contributed by atoms with Gasteiger partial charge in [0.05, 0.1) is 28.9 Å². The first-order chi connectivity index (χ1) is 15.0. The molecule has 0 radical (unpaired) electrons. The van der Waals surface area contributed by atoms with E-state index in [-0.39, 0.29) is 10.8 Å². The van der Waals surface area contributed by atoms with Gasteiger partial charge in [-0.25, -0.2) is 0 Å². The van der Waals surface area contributed by atoms with Crippen molar-refractivity contribution in [1.29, 1.82) is 0 Å². The van der Waals surface area contributed by atoms with Crippen LogP contribution in [0.3, 0.4) is 0 Å². The summed E-state index contributed by atoms with van der Waals surface area (Å²) in [6, 6.07) is 9.73. The van der Waals surface area contributed by atoms with Gasteiger partial charge in [0.25, 0.3) is 11.1 Å². The first-order valence-corrected chi connectivity index (χ1v) is 10.5. The van der Waals surface area contributed by atoms with Gasteiger partial charge >= 0.3 is 0 Å². The van der Waals surface area contributed by atoms with Gasteiger partial charge in [-0.3, -0.25) is 24.3 Å². The van der Waals surface area contributed by atoms with Gasteiger partial charge in [0.2, 0.25) is 6.41 Å². The number of imide groups is 1. The number of nitrogens with zero attached hydrogens (tertiary/aromatic N) is 2. The smallest absolute Gasteiger partial charge is 0.288 e. The average Bonchev–Trinajstić information content (AvgIpc) is 3.20. The van der Waals surface area contributed by atoms with E-state index in [1.165, 1.54) is 12.0 Å². The molecule has 0 bridgehead atoms. The molecule has 0 saturated carbocycles. The normalized spacial score (nSPS) is 13.4. The van der Waals surface area contributed by atoms with E-state index in [0.717, 1.165) is 11.8 Å². The fraction of sp³-hybridized carbons (Fsp3) is 0.143. The molecule has 1 saturated heterocycles. The summed E-state index contributed by atoms with van der Waals surface area (Å²) in [6.45, 7) is 0.347. The van der Waals surface area contributed by atoms with Gasteiger partial charge < -0.3 is 14.8 Å². The number of pyridine rings is 1. The molecule has 1 fully saturated rings. The van der Waals surface area contributed by atoms with Crippen molar-refractivity contribution >= 4 is 57.5 Å². The lowest BCUT2D eigenvalue weighted by Gasteiger charge is -2.16. The summed E-state index contributed by atoms with van der Waals surface area (Å²) in [5.74, 6) is 1.32. The van der Waals surface area contributed by atoms with Crippen LogP contribution in [-0.4, -0.2) is 46.8 Å². The van der Waals surface area contributed by atoms with Crippen LogP contribution in [0.15, 0.2) is 42.6 Å². The molecule has 8 nitrogen and oxygen atoms in total. The number of rotatable bonds is 6. The van der Waals surface area contributed by atoms with Crippen LogP contribution in [0.5, 0.6) is 17.2 Å². The lowest BCUT2D eigenvalue weighted by atomic mass is 10.1. The van der Waals surface area contributed by atoms with Crippen molar-refractivity contribution < 1.29 is 23.9 Å². The quantitative estimate of drug-likeness (QED) is 0.541. The SMILES string of the molecule is COc1cc2nccc(Oc3ccc(NC=O)c(Cl)c3)c2cc1C(=O)N1CCSC1=O. The van der Waals surface area contributed by atoms with Gasteiger partial charge in [-0.1, -0.05) is 23.4 Å². The molecule has 158 valence electrons. The number of fused-ring (bicyclic) bond motifs is 1. The topological polar surface area (TPSA) is 97.8 Å². The highest BCUT2D eigenvalue weighted by Crippen LogP contribution is 2.36. The summed E-state index contributed by atoms with van der Waals surface area (Å²) in [6.07, 6.45) is 2.11. The zero-order valence-electron chi connectivity index (χ0n) is 16.3. The number of halogens is 1. The molecule has 0 aliphatic carbocycles. The summed E-state index contributed by atoms with van der Waals surface area (Å²) in [7, 11) is 1.45. The maximum absolute atomic E-state index is 13.0. The van der Waals surface area contributed by atoms with E-state index in [0.29, 0.717) is 57.6 Å². The van der Waals surface area contributed by atoms with Crippen molar-refractivity contribution in [2.45, 2.75) is 0 Å². The molecule has 1 N–H and O–H groups in total. The van der Waals surface area contributed by atoms with Crippen LogP contribution in [-0.2, 0) is 4.79 Å². The first-order valence-electron chi connectivity index (χ1n) is 9.15. The number of amides is 3. The highest BCUT2D eigenvalue weighted by Gasteiger charge is 2.30. The lowest BCUT2D eigenvalue weighted by molar-refractivity contribution is -0.105. The van der Waals surface area contributed by atoms with E-state index >= 15 is 0 Å². The monoisotopic (exact) mass is 457 g/mol. The van der Waals surface area contributed by atoms with Crippen LogP contribution in [0, 0.1) is 0 Å². The lowest BCUT2D eigenvalue weighted by Crippen LogP contribution is -2.31. The summed E-state index contributed by atoms with van der Waals surface area (Å²) >= 11 is 7.28. The maximum atomic E-state index is 13.0. The number of aromatic nitrogens is 1. The van der Waals surface area contributed by atoms with Gasteiger partial charge in [-0.15, -0.1) is 0 Å². The van der Waals surface area contributed by atoms with Crippen molar-refractivity contribution in [3.63, 3.8) is 0 Å². The number of methoxy groups -OCH3 is 1. The number of thioether (sulfide) groups is 1. The number of hydrogen-bond donors (Lipinski definition) is 1. The second-order valence-corrected chi connectivity index (χ2v) is 7.91. The summed E-state index contributed by atoms with van der Waals surface area (Å²) in [5, 5.41) is 3.09. The zero-order valence-corrected chi connectivity index (χ0v) is 17.8. The van der Waals surface area contributed by atoms with Crippen molar-refractivity contribution in [1.82, 2.24) is 9.88 Å². The van der Waals surface area contributed by atoms with Crippen molar-refractivity contribution in [3.8, 4) is 17.2 Å². The second-order valence-electron chi connectivity index (χ2n) is 6.46. The van der Waals surface area contributed by atoms with Crippen LogP contribution in [0.2, 0.25) is 5.02 Å². The van der Waals surface area contributed by atoms with Crippen LogP contribution < -0.4 is 14.8 Å². The number of anilines is 1. The third kappa shape index (κ3) is 4.14. The Morgan fingerprint density at radius 1 is 1.26 bits per heavy atom. The number of carbonyl (C=O) groups is 3. The van der Waals surface area contributed by atoms with Crippen LogP contribution in [0.4, 0.5) is 10.5 Å². The van der Waals surface area contributed by atoms with E-state index in [1.807, 2.05) is 0 Å². The van der Waals surface area contributed by atoms with Crippen LogP contribution in [0.1, 0.15) is 10.4 Å². The van der Waals surface area contributed by atoms with E-state index in [4.69, 9.17) is 21.1 Å². The highest BCUT2D eigenvalue weighted by molar-refractivity contribution is 8.13. The molecular formula is C21H16ClN3O5S. The number of ether oxygens (including phenoxy) is 2. The van der Waals surface area contributed by atoms with E-state index < -0.39 is 5.91 Å². The molecule has 3 amide bonds. The molecule has 1 aliphatic rings. The Hall–Kier alpha value is -3.30. The van der Waals surface area contributed by atoms with E-state index in [9.17, 15) is 14.4 Å². The third-order valence-corrected chi connectivity index (χ3v) is 5.81. The summed E-state index contributed by atoms with van der Waals surface area (Å²) in [5.41, 5.74) is 1.25. The molecule has 1 aliphatic heterocycles. The Balaban J connectivity index is 1.75. The Kier molecular flexibility index (Phi) is 5.97. The molecule has 1 aromatic heterocycles. The molecule has 10 heteroatoms. The molecule has 2 heterocycles. The molecule has 2 aromatic carbocycles. The first kappa shape index (κ1) is 21.0. The van der Waals surface area contributed by atoms with E-state index in [2.05, 4.69) is 10.3 Å². The van der Waals surface area contributed by atoms with Gasteiger partial charge in [-0.2, -0.15) is 0 Å². The summed E-state index contributed by atoms with van der Waals surface area (Å²) < 4.78 is 11.4. The molecule has 31 heavy (non-hydrogen) atoms. The third-order valence-electron chi connectivity index (χ3n) is 4.64. The minimum absolute atomic E-state index is 0.243. The van der Waals surface area contributed by atoms with Crippen molar-refractivity contribution in [2.24, 2.45) is 0 Å². The average molecular weight is 458 g/mol. The molecule has 3 aromatic rings. The molecule has 0 atom stereocenters. The van der Waals surface area contributed by atoms with Crippen molar-refractivity contribution in [3.05, 3.63) is 53.2 Å². The summed E-state index contributed by atoms with van der Waals surface area (Å²) in [4.78, 5) is 41.2. The predicted molar refractivity (Wildman–Crippen MR) is 118 cm³/mol.